The molecule has 132 valence electrons. The molecule has 2 rings (SSSR count). The molecular formula is C20H23NO4. The number of carbonyl (C=O) groups is 2. The van der Waals surface area contributed by atoms with Gasteiger partial charge in [0.15, 0.2) is 0 Å². The summed E-state index contributed by atoms with van der Waals surface area (Å²) in [6.07, 6.45) is 4.29. The molecule has 0 saturated heterocycles. The van der Waals surface area contributed by atoms with Crippen LogP contribution in [0.5, 0.6) is 5.75 Å². The number of nitrogens with zero attached hydrogens (tertiary/aromatic N) is 1. The molecule has 25 heavy (non-hydrogen) atoms. The molecule has 1 amide bonds. The highest BCUT2D eigenvalue weighted by Crippen LogP contribution is 2.31. The van der Waals surface area contributed by atoms with Crippen molar-refractivity contribution in [1.82, 2.24) is 4.90 Å². The third kappa shape index (κ3) is 5.08. The van der Waals surface area contributed by atoms with Gasteiger partial charge in [-0.15, -0.1) is 0 Å². The van der Waals surface area contributed by atoms with E-state index in [0.29, 0.717) is 17.9 Å². The average molecular weight is 341 g/mol. The standard InChI is InChI=1S/C20H23NO4/c1-4-5-14-24-18(22)13-12-16-11-10-15-8-6-7-9-17(15)19(16)25-20(23)21(2)3/h6-13H,4-5,14H2,1-3H3/b13-12-. The Kier molecular flexibility index (Phi) is 6.57. The Bertz CT molecular complexity index is 780. The maximum absolute atomic E-state index is 12.0. The minimum absolute atomic E-state index is 0.403. The zero-order valence-electron chi connectivity index (χ0n) is 14.8. The first kappa shape index (κ1) is 18.5. The maximum atomic E-state index is 12.0. The Balaban J connectivity index is 2.31. The summed E-state index contributed by atoms with van der Waals surface area (Å²) >= 11 is 0. The summed E-state index contributed by atoms with van der Waals surface area (Å²) in [4.78, 5) is 25.1. The van der Waals surface area contributed by atoms with Crippen LogP contribution < -0.4 is 4.74 Å². The van der Waals surface area contributed by atoms with E-state index >= 15 is 0 Å². The van der Waals surface area contributed by atoms with Gasteiger partial charge in [-0.2, -0.15) is 0 Å². The highest BCUT2D eigenvalue weighted by molar-refractivity contribution is 5.95. The fourth-order valence-electron chi connectivity index (χ4n) is 2.21. The zero-order chi connectivity index (χ0) is 18.2. The highest BCUT2D eigenvalue weighted by atomic mass is 16.6. The lowest BCUT2D eigenvalue weighted by Crippen LogP contribution is -2.25. The van der Waals surface area contributed by atoms with E-state index < -0.39 is 12.1 Å². The molecule has 0 unspecified atom stereocenters. The van der Waals surface area contributed by atoms with Crippen molar-refractivity contribution in [3.63, 3.8) is 0 Å². The van der Waals surface area contributed by atoms with Crippen LogP contribution >= 0.6 is 0 Å². The van der Waals surface area contributed by atoms with Crippen molar-refractivity contribution < 1.29 is 19.1 Å². The molecule has 0 saturated carbocycles. The van der Waals surface area contributed by atoms with Crippen LogP contribution in [0.4, 0.5) is 4.79 Å². The Morgan fingerprint density at radius 1 is 1.12 bits per heavy atom. The monoisotopic (exact) mass is 341 g/mol. The van der Waals surface area contributed by atoms with Crippen LogP contribution in [-0.2, 0) is 9.53 Å². The van der Waals surface area contributed by atoms with Crippen LogP contribution in [0.2, 0.25) is 0 Å². The Morgan fingerprint density at radius 2 is 1.88 bits per heavy atom. The first-order valence-electron chi connectivity index (χ1n) is 8.28. The lowest BCUT2D eigenvalue weighted by molar-refractivity contribution is -0.137. The number of esters is 1. The van der Waals surface area contributed by atoms with Crippen molar-refractivity contribution in [2.24, 2.45) is 0 Å². The molecule has 0 fully saturated rings. The summed E-state index contributed by atoms with van der Waals surface area (Å²) in [6.45, 7) is 2.43. The van der Waals surface area contributed by atoms with Gasteiger partial charge in [0.2, 0.25) is 0 Å². The summed E-state index contributed by atoms with van der Waals surface area (Å²) in [6, 6.07) is 11.3. The van der Waals surface area contributed by atoms with E-state index in [1.165, 1.54) is 11.0 Å². The van der Waals surface area contributed by atoms with Crippen molar-refractivity contribution in [3.8, 4) is 5.75 Å². The van der Waals surface area contributed by atoms with Crippen LogP contribution in [0, 0.1) is 0 Å². The van der Waals surface area contributed by atoms with E-state index in [0.717, 1.165) is 23.6 Å². The van der Waals surface area contributed by atoms with Gasteiger partial charge in [0.25, 0.3) is 0 Å². The lowest BCUT2D eigenvalue weighted by Gasteiger charge is -2.14. The van der Waals surface area contributed by atoms with E-state index in [4.69, 9.17) is 9.47 Å². The third-order valence-corrected chi connectivity index (χ3v) is 3.61. The number of ether oxygens (including phenoxy) is 2. The summed E-state index contributed by atoms with van der Waals surface area (Å²) in [5, 5.41) is 1.76. The van der Waals surface area contributed by atoms with Crippen LogP contribution in [0.3, 0.4) is 0 Å². The van der Waals surface area contributed by atoms with Gasteiger partial charge in [0, 0.05) is 31.1 Å². The molecule has 0 aliphatic carbocycles. The van der Waals surface area contributed by atoms with Crippen LogP contribution in [0.15, 0.2) is 42.5 Å². The second-order valence-corrected chi connectivity index (χ2v) is 5.82. The molecule has 0 spiro atoms. The molecule has 0 bridgehead atoms. The Labute approximate surface area is 147 Å². The number of fused-ring (bicyclic) bond motifs is 1. The predicted octanol–water partition coefficient (Wildman–Crippen LogP) is 4.26. The topological polar surface area (TPSA) is 55.8 Å². The molecule has 2 aromatic rings. The van der Waals surface area contributed by atoms with E-state index in [1.807, 2.05) is 43.3 Å². The van der Waals surface area contributed by atoms with Gasteiger partial charge < -0.3 is 14.4 Å². The average Bonchev–Trinajstić information content (AvgIpc) is 2.61. The molecule has 0 aliphatic rings. The minimum Gasteiger partial charge on any atom is -0.463 e. The Hall–Kier alpha value is -2.82. The molecule has 0 atom stereocenters. The molecule has 5 nitrogen and oxygen atoms in total. The van der Waals surface area contributed by atoms with Crippen molar-refractivity contribution in [2.75, 3.05) is 20.7 Å². The van der Waals surface area contributed by atoms with Gasteiger partial charge in [-0.1, -0.05) is 49.7 Å². The second-order valence-electron chi connectivity index (χ2n) is 5.82. The minimum atomic E-state index is -0.475. The zero-order valence-corrected chi connectivity index (χ0v) is 14.8. The molecule has 0 aromatic heterocycles. The van der Waals surface area contributed by atoms with Crippen LogP contribution in [0.1, 0.15) is 25.3 Å². The molecule has 5 heteroatoms. The van der Waals surface area contributed by atoms with Gasteiger partial charge in [-0.3, -0.25) is 0 Å². The van der Waals surface area contributed by atoms with Gasteiger partial charge >= 0.3 is 12.1 Å². The van der Waals surface area contributed by atoms with Crippen molar-refractivity contribution in [1.29, 1.82) is 0 Å². The molecule has 0 N–H and O–H groups in total. The normalized spacial score (nSPS) is 10.8. The fraction of sp³-hybridized carbons (Fsp3) is 0.300. The number of unbranched alkanes of at least 4 members (excludes halogenated alkanes) is 1. The van der Waals surface area contributed by atoms with E-state index in [-0.39, 0.29) is 0 Å². The second kappa shape index (κ2) is 8.87. The van der Waals surface area contributed by atoms with E-state index in [9.17, 15) is 9.59 Å². The third-order valence-electron chi connectivity index (χ3n) is 3.61. The molecule has 0 heterocycles. The number of hydrogen-bond donors (Lipinski definition) is 0. The smallest absolute Gasteiger partial charge is 0.414 e. The number of carbonyl (C=O) groups excluding carboxylic acids is 2. The van der Waals surface area contributed by atoms with Crippen molar-refractivity contribution in [2.45, 2.75) is 19.8 Å². The summed E-state index contributed by atoms with van der Waals surface area (Å²) in [5.74, 6) is 0.0147. The van der Waals surface area contributed by atoms with Gasteiger partial charge in [-0.05, 0) is 17.9 Å². The van der Waals surface area contributed by atoms with Gasteiger partial charge in [0.05, 0.1) is 6.61 Å². The highest BCUT2D eigenvalue weighted by Gasteiger charge is 2.13. The van der Waals surface area contributed by atoms with Crippen LogP contribution in [0.25, 0.3) is 16.8 Å². The fourth-order valence-corrected chi connectivity index (χ4v) is 2.21. The van der Waals surface area contributed by atoms with Crippen molar-refractivity contribution >= 4 is 28.9 Å². The van der Waals surface area contributed by atoms with Gasteiger partial charge in [0.1, 0.15) is 5.75 Å². The molecule has 0 radical (unpaired) electrons. The van der Waals surface area contributed by atoms with E-state index in [2.05, 4.69) is 0 Å². The quantitative estimate of drug-likeness (QED) is 0.448. The number of hydrogen-bond acceptors (Lipinski definition) is 4. The SMILES string of the molecule is CCCCOC(=O)/C=C\c1ccc2ccccc2c1OC(=O)N(C)C. The molecular weight excluding hydrogens is 318 g/mol. The van der Waals surface area contributed by atoms with Crippen molar-refractivity contribution in [3.05, 3.63) is 48.0 Å². The van der Waals surface area contributed by atoms with Gasteiger partial charge in [-0.25, -0.2) is 9.59 Å². The number of amides is 1. The van der Waals surface area contributed by atoms with Crippen LogP contribution in [-0.4, -0.2) is 37.7 Å². The predicted molar refractivity (Wildman–Crippen MR) is 98.6 cm³/mol. The lowest BCUT2D eigenvalue weighted by atomic mass is 10.0. The summed E-state index contributed by atoms with van der Waals surface area (Å²) in [7, 11) is 3.24. The molecule has 2 aromatic carbocycles. The first-order valence-corrected chi connectivity index (χ1v) is 8.28. The number of benzene rings is 2. The summed E-state index contributed by atoms with van der Waals surface area (Å²) < 4.78 is 10.6. The van der Waals surface area contributed by atoms with E-state index in [1.54, 1.807) is 20.2 Å². The molecule has 0 aliphatic heterocycles. The Morgan fingerprint density at radius 3 is 2.60 bits per heavy atom. The largest absolute Gasteiger partial charge is 0.463 e. The maximum Gasteiger partial charge on any atom is 0.414 e. The first-order chi connectivity index (χ1) is 12.0. The summed E-state index contributed by atoms with van der Waals surface area (Å²) in [5.41, 5.74) is 0.640. The number of rotatable bonds is 6.